The highest BCUT2D eigenvalue weighted by molar-refractivity contribution is 5.71. The van der Waals surface area contributed by atoms with Crippen LogP contribution < -0.4 is 0 Å². The molecule has 0 aliphatic heterocycles. The van der Waals surface area contributed by atoms with Crippen molar-refractivity contribution in [3.8, 4) is 0 Å². The number of hydrogen-bond donors (Lipinski definition) is 0. The van der Waals surface area contributed by atoms with Crippen molar-refractivity contribution in [1.29, 1.82) is 0 Å². The zero-order valence-electron chi connectivity index (χ0n) is 33.9. The minimum Gasteiger partial charge on any atom is -0.462 e. The van der Waals surface area contributed by atoms with Gasteiger partial charge in [0.05, 0.1) is 0 Å². The summed E-state index contributed by atoms with van der Waals surface area (Å²) < 4.78 is 16.6. The Hall–Kier alpha value is -1.59. The van der Waals surface area contributed by atoms with Gasteiger partial charge in [0.1, 0.15) is 13.2 Å². The molecular weight excluding hydrogens is 624 g/mol. The molecule has 0 aromatic carbocycles. The molecule has 0 unspecified atom stereocenters. The predicted octanol–water partition coefficient (Wildman–Crippen LogP) is 13.6. The number of unbranched alkanes of at least 4 members (excludes halogenated alkanes) is 26. The van der Waals surface area contributed by atoms with Crippen LogP contribution in [0.5, 0.6) is 0 Å². The third-order valence-electron chi connectivity index (χ3n) is 9.79. The molecule has 0 aromatic heterocycles. The second-order valence-electron chi connectivity index (χ2n) is 15.5. The molecule has 0 bridgehead atoms. The van der Waals surface area contributed by atoms with Gasteiger partial charge < -0.3 is 14.2 Å². The standard InChI is InChI=1S/C44H84O6/c1-5-7-9-11-22-27-31-35-42(45)48-38-41(50-44(47)37-33-29-23-12-10-8-6-2)39-49-43(46)36-32-28-25-21-19-17-15-13-14-16-18-20-24-26-30-34-40(3)4/h40-41H,5-39H2,1-4H3/t41-/m0/s1. The van der Waals surface area contributed by atoms with Gasteiger partial charge in [0.25, 0.3) is 0 Å². The molecule has 0 saturated heterocycles. The number of esters is 3. The molecule has 0 N–H and O–H groups in total. The van der Waals surface area contributed by atoms with Crippen LogP contribution in [0.1, 0.15) is 240 Å². The van der Waals surface area contributed by atoms with Crippen molar-refractivity contribution in [2.45, 2.75) is 246 Å². The molecule has 0 heterocycles. The van der Waals surface area contributed by atoms with Crippen LogP contribution in [0, 0.1) is 5.92 Å². The zero-order chi connectivity index (χ0) is 36.8. The Morgan fingerprint density at radius 1 is 0.380 bits per heavy atom. The van der Waals surface area contributed by atoms with Crippen molar-refractivity contribution in [2.75, 3.05) is 13.2 Å². The summed E-state index contributed by atoms with van der Waals surface area (Å²) in [6.07, 6.45) is 36.8. The van der Waals surface area contributed by atoms with Crippen LogP contribution in [0.3, 0.4) is 0 Å². The largest absolute Gasteiger partial charge is 0.462 e. The maximum absolute atomic E-state index is 12.5. The quantitative estimate of drug-likeness (QED) is 0.0359. The number of carbonyl (C=O) groups excluding carboxylic acids is 3. The molecule has 0 radical (unpaired) electrons. The van der Waals surface area contributed by atoms with Crippen molar-refractivity contribution in [3.63, 3.8) is 0 Å². The summed E-state index contributed by atoms with van der Waals surface area (Å²) in [5.74, 6) is -0.0209. The van der Waals surface area contributed by atoms with E-state index in [0.717, 1.165) is 63.7 Å². The Bertz CT molecular complexity index is 751. The minimum absolute atomic E-state index is 0.0649. The monoisotopic (exact) mass is 709 g/mol. The number of rotatable bonds is 39. The van der Waals surface area contributed by atoms with Gasteiger partial charge in [0, 0.05) is 19.3 Å². The maximum atomic E-state index is 12.5. The maximum Gasteiger partial charge on any atom is 0.306 e. The first kappa shape index (κ1) is 48.4. The second kappa shape index (κ2) is 38.6. The summed E-state index contributed by atoms with van der Waals surface area (Å²) in [5.41, 5.74) is 0. The van der Waals surface area contributed by atoms with Crippen molar-refractivity contribution in [2.24, 2.45) is 5.92 Å². The highest BCUT2D eigenvalue weighted by atomic mass is 16.6. The summed E-state index contributed by atoms with van der Waals surface area (Å²) in [5, 5.41) is 0. The van der Waals surface area contributed by atoms with Crippen LogP contribution in [0.2, 0.25) is 0 Å². The summed E-state index contributed by atoms with van der Waals surface area (Å²) in [6.45, 7) is 8.92. The fourth-order valence-corrected chi connectivity index (χ4v) is 6.45. The smallest absolute Gasteiger partial charge is 0.306 e. The van der Waals surface area contributed by atoms with E-state index in [1.165, 1.54) is 135 Å². The van der Waals surface area contributed by atoms with Gasteiger partial charge in [-0.05, 0) is 25.2 Å². The van der Waals surface area contributed by atoms with Gasteiger partial charge in [0.2, 0.25) is 0 Å². The molecule has 6 heteroatoms. The van der Waals surface area contributed by atoms with Crippen LogP contribution in [0.25, 0.3) is 0 Å². The van der Waals surface area contributed by atoms with E-state index in [0.29, 0.717) is 19.3 Å². The Morgan fingerprint density at radius 3 is 0.980 bits per heavy atom. The van der Waals surface area contributed by atoms with Gasteiger partial charge in [-0.1, -0.05) is 201 Å². The molecule has 6 nitrogen and oxygen atoms in total. The first-order valence-electron chi connectivity index (χ1n) is 21.9. The highest BCUT2D eigenvalue weighted by Gasteiger charge is 2.19. The summed E-state index contributed by atoms with van der Waals surface area (Å²) in [6, 6.07) is 0. The van der Waals surface area contributed by atoms with E-state index in [1.807, 2.05) is 0 Å². The van der Waals surface area contributed by atoms with Gasteiger partial charge in [0.15, 0.2) is 6.10 Å². The van der Waals surface area contributed by atoms with Crippen LogP contribution >= 0.6 is 0 Å². The number of ether oxygens (including phenoxy) is 3. The molecule has 0 fully saturated rings. The second-order valence-corrected chi connectivity index (χ2v) is 15.5. The summed E-state index contributed by atoms with van der Waals surface area (Å²) in [4.78, 5) is 37.4. The van der Waals surface area contributed by atoms with E-state index in [4.69, 9.17) is 14.2 Å². The van der Waals surface area contributed by atoms with Crippen molar-refractivity contribution >= 4 is 17.9 Å². The Morgan fingerprint density at radius 2 is 0.660 bits per heavy atom. The number of carbonyl (C=O) groups is 3. The van der Waals surface area contributed by atoms with Crippen molar-refractivity contribution < 1.29 is 28.6 Å². The van der Waals surface area contributed by atoms with E-state index in [-0.39, 0.29) is 31.1 Å². The molecule has 1 atom stereocenters. The SMILES string of the molecule is CCCCCCCCCC(=O)OC[C@@H](COC(=O)CCCCCCCCCCCCCCCCCC(C)C)OC(=O)CCCCCCCCC. The van der Waals surface area contributed by atoms with E-state index in [1.54, 1.807) is 0 Å². The van der Waals surface area contributed by atoms with Crippen LogP contribution in [0.4, 0.5) is 0 Å². The van der Waals surface area contributed by atoms with Gasteiger partial charge in [-0.25, -0.2) is 0 Å². The fourth-order valence-electron chi connectivity index (χ4n) is 6.45. The van der Waals surface area contributed by atoms with E-state index < -0.39 is 6.10 Å². The molecule has 0 saturated carbocycles. The molecule has 0 amide bonds. The lowest BCUT2D eigenvalue weighted by molar-refractivity contribution is -0.167. The van der Waals surface area contributed by atoms with E-state index in [9.17, 15) is 14.4 Å². The lowest BCUT2D eigenvalue weighted by atomic mass is 10.0. The van der Waals surface area contributed by atoms with Crippen LogP contribution in [-0.2, 0) is 28.6 Å². The molecule has 296 valence electrons. The first-order valence-corrected chi connectivity index (χ1v) is 21.9. The lowest BCUT2D eigenvalue weighted by Crippen LogP contribution is -2.30. The molecule has 0 aromatic rings. The lowest BCUT2D eigenvalue weighted by Gasteiger charge is -2.18. The normalized spacial score (nSPS) is 11.9. The average molecular weight is 709 g/mol. The fraction of sp³-hybridized carbons (Fsp3) is 0.932. The molecule has 0 rings (SSSR count). The summed E-state index contributed by atoms with van der Waals surface area (Å²) >= 11 is 0. The van der Waals surface area contributed by atoms with Crippen molar-refractivity contribution in [3.05, 3.63) is 0 Å². The molecule has 0 spiro atoms. The molecule has 50 heavy (non-hydrogen) atoms. The third-order valence-corrected chi connectivity index (χ3v) is 9.79. The average Bonchev–Trinajstić information content (AvgIpc) is 3.09. The van der Waals surface area contributed by atoms with Gasteiger partial charge in [-0.2, -0.15) is 0 Å². The first-order chi connectivity index (χ1) is 24.4. The van der Waals surface area contributed by atoms with Crippen molar-refractivity contribution in [1.82, 2.24) is 0 Å². The minimum atomic E-state index is -0.756. The Balaban J connectivity index is 4.12. The Kier molecular flexibility index (Phi) is 37.4. The highest BCUT2D eigenvalue weighted by Crippen LogP contribution is 2.16. The topological polar surface area (TPSA) is 78.9 Å². The molecular formula is C44H84O6. The Labute approximate surface area is 310 Å². The van der Waals surface area contributed by atoms with Crippen LogP contribution in [-0.4, -0.2) is 37.2 Å². The van der Waals surface area contributed by atoms with E-state index in [2.05, 4.69) is 27.7 Å². The molecule has 0 aliphatic carbocycles. The van der Waals surface area contributed by atoms with Gasteiger partial charge in [-0.3, -0.25) is 14.4 Å². The van der Waals surface area contributed by atoms with E-state index >= 15 is 0 Å². The molecule has 0 aliphatic rings. The van der Waals surface area contributed by atoms with Gasteiger partial charge >= 0.3 is 17.9 Å². The summed E-state index contributed by atoms with van der Waals surface area (Å²) in [7, 11) is 0. The number of hydrogen-bond acceptors (Lipinski definition) is 6. The zero-order valence-corrected chi connectivity index (χ0v) is 33.9. The predicted molar refractivity (Wildman–Crippen MR) is 210 cm³/mol. The van der Waals surface area contributed by atoms with Gasteiger partial charge in [-0.15, -0.1) is 0 Å². The third kappa shape index (κ3) is 37.7. The van der Waals surface area contributed by atoms with Crippen LogP contribution in [0.15, 0.2) is 0 Å².